The number of fused-ring (bicyclic) bond motifs is 2. The number of benzene rings is 1. The van der Waals surface area contributed by atoms with Crippen LogP contribution in [-0.2, 0) is 33.4 Å². The number of hydrogen-bond acceptors (Lipinski definition) is 7. The highest BCUT2D eigenvalue weighted by atomic mass is 79.9. The molecule has 1 aromatic rings. The van der Waals surface area contributed by atoms with Crippen LogP contribution in [0.1, 0.15) is 51.9 Å². The van der Waals surface area contributed by atoms with E-state index in [0.717, 1.165) is 30.2 Å². The number of carbonyl (C=O) groups excluding carboxylic acids is 3. The standard InChI is InChI=1S/C26H33BrN2O7S/c1-17-8-6-4-3-5-7-9-18-15-26(18,25(32)35-2)28-23(30)22-14-20(16-29(22)24(17)31)36-37(33,34)21-12-10-19(27)11-13-21/h7,9-13,17-18,20,22H,3-6,8,14-16H2,1-2H3,(H,28,30)/b9-7-/t17-,18+,20-,22-,26+/m0/s1. The summed E-state index contributed by atoms with van der Waals surface area (Å²) in [5.41, 5.74) is -1.18. The quantitative estimate of drug-likeness (QED) is 0.321. The summed E-state index contributed by atoms with van der Waals surface area (Å²) in [6.45, 7) is 1.79. The average Bonchev–Trinajstić information content (AvgIpc) is 3.39. The molecular formula is C26H33BrN2O7S. The summed E-state index contributed by atoms with van der Waals surface area (Å²) in [6.07, 6.45) is 7.85. The van der Waals surface area contributed by atoms with Crippen LogP contribution < -0.4 is 5.32 Å². The van der Waals surface area contributed by atoms with Gasteiger partial charge in [0.15, 0.2) is 0 Å². The van der Waals surface area contributed by atoms with Crippen LogP contribution in [0.25, 0.3) is 0 Å². The second-order valence-electron chi connectivity index (χ2n) is 10.1. The Bertz CT molecular complexity index is 1170. The summed E-state index contributed by atoms with van der Waals surface area (Å²) in [6, 6.07) is 5.08. The Balaban J connectivity index is 1.59. The monoisotopic (exact) mass is 596 g/mol. The summed E-state index contributed by atoms with van der Waals surface area (Å²) >= 11 is 3.28. The fourth-order valence-corrected chi connectivity index (χ4v) is 6.53. The molecule has 0 bridgehead atoms. The van der Waals surface area contributed by atoms with Crippen LogP contribution in [-0.4, -0.2) is 62.4 Å². The molecule has 1 aliphatic carbocycles. The number of nitrogens with one attached hydrogen (secondary N) is 1. The molecule has 202 valence electrons. The first-order valence-corrected chi connectivity index (χ1v) is 14.8. The van der Waals surface area contributed by atoms with E-state index in [1.165, 1.54) is 24.1 Å². The molecule has 1 aromatic carbocycles. The molecule has 0 aromatic heterocycles. The predicted molar refractivity (Wildman–Crippen MR) is 139 cm³/mol. The van der Waals surface area contributed by atoms with Gasteiger partial charge in [-0.25, -0.2) is 4.79 Å². The lowest BCUT2D eigenvalue weighted by atomic mass is 10.0. The molecule has 0 radical (unpaired) electrons. The minimum Gasteiger partial charge on any atom is -0.467 e. The normalized spacial score (nSPS) is 31.8. The molecule has 1 saturated heterocycles. The number of allylic oxidation sites excluding steroid dienone is 1. The molecule has 2 aliphatic heterocycles. The van der Waals surface area contributed by atoms with Crippen molar-refractivity contribution in [1.82, 2.24) is 10.2 Å². The van der Waals surface area contributed by atoms with Gasteiger partial charge in [0.2, 0.25) is 11.8 Å². The van der Waals surface area contributed by atoms with E-state index in [1.54, 1.807) is 12.1 Å². The highest BCUT2D eigenvalue weighted by Gasteiger charge is 2.62. The zero-order valence-electron chi connectivity index (χ0n) is 21.0. The van der Waals surface area contributed by atoms with E-state index in [9.17, 15) is 22.8 Å². The molecule has 11 heteroatoms. The second kappa shape index (κ2) is 11.2. The van der Waals surface area contributed by atoms with Crippen LogP contribution in [0.4, 0.5) is 0 Å². The second-order valence-corrected chi connectivity index (χ2v) is 12.6. The Morgan fingerprint density at radius 3 is 2.59 bits per heavy atom. The molecule has 0 unspecified atom stereocenters. The van der Waals surface area contributed by atoms with Gasteiger partial charge in [-0.1, -0.05) is 47.8 Å². The molecule has 4 rings (SSSR count). The van der Waals surface area contributed by atoms with Gasteiger partial charge in [0.05, 0.1) is 18.1 Å². The van der Waals surface area contributed by atoms with Crippen molar-refractivity contribution < 1.29 is 31.7 Å². The molecule has 3 aliphatic rings. The van der Waals surface area contributed by atoms with Crippen LogP contribution in [0.2, 0.25) is 0 Å². The maximum absolute atomic E-state index is 13.5. The van der Waals surface area contributed by atoms with Crippen molar-refractivity contribution >= 4 is 43.8 Å². The third-order valence-corrected chi connectivity index (χ3v) is 9.33. The highest BCUT2D eigenvalue weighted by molar-refractivity contribution is 9.10. The van der Waals surface area contributed by atoms with Crippen LogP contribution in [0.3, 0.4) is 0 Å². The van der Waals surface area contributed by atoms with Gasteiger partial charge in [0.1, 0.15) is 11.6 Å². The topological polar surface area (TPSA) is 119 Å². The molecule has 37 heavy (non-hydrogen) atoms. The summed E-state index contributed by atoms with van der Waals surface area (Å²) in [7, 11) is -2.84. The number of carbonyl (C=O) groups is 3. The molecule has 2 fully saturated rings. The number of halogens is 1. The number of rotatable bonds is 4. The van der Waals surface area contributed by atoms with E-state index in [2.05, 4.69) is 21.2 Å². The van der Waals surface area contributed by atoms with Crippen molar-refractivity contribution in [2.24, 2.45) is 11.8 Å². The Morgan fingerprint density at radius 2 is 1.89 bits per heavy atom. The minimum absolute atomic E-state index is 0.00217. The van der Waals surface area contributed by atoms with Crippen molar-refractivity contribution in [3.63, 3.8) is 0 Å². The summed E-state index contributed by atoms with van der Waals surface area (Å²) in [4.78, 5) is 41.0. The van der Waals surface area contributed by atoms with Crippen LogP contribution in [0, 0.1) is 11.8 Å². The van der Waals surface area contributed by atoms with Gasteiger partial charge in [0, 0.05) is 29.3 Å². The highest BCUT2D eigenvalue weighted by Crippen LogP contribution is 2.46. The molecule has 0 spiro atoms. The summed E-state index contributed by atoms with van der Waals surface area (Å²) in [5, 5.41) is 2.85. The molecule has 2 heterocycles. The number of nitrogens with zero attached hydrogens (tertiary/aromatic N) is 1. The van der Waals surface area contributed by atoms with E-state index < -0.39 is 39.7 Å². The van der Waals surface area contributed by atoms with Crippen molar-refractivity contribution in [3.8, 4) is 0 Å². The molecule has 2 amide bonds. The van der Waals surface area contributed by atoms with Crippen molar-refractivity contribution in [2.75, 3.05) is 13.7 Å². The molecule has 5 atom stereocenters. The first-order chi connectivity index (χ1) is 17.6. The number of methoxy groups -OCH3 is 1. The zero-order valence-corrected chi connectivity index (χ0v) is 23.4. The van der Waals surface area contributed by atoms with Crippen LogP contribution in [0.5, 0.6) is 0 Å². The number of amides is 2. The fourth-order valence-electron chi connectivity index (χ4n) is 5.19. The molecule has 1 N–H and O–H groups in total. The van der Waals surface area contributed by atoms with E-state index >= 15 is 0 Å². The Labute approximate surface area is 226 Å². The third kappa shape index (κ3) is 6.09. The van der Waals surface area contributed by atoms with Crippen LogP contribution in [0.15, 0.2) is 45.8 Å². The van der Waals surface area contributed by atoms with Crippen molar-refractivity contribution in [2.45, 2.75) is 74.4 Å². The largest absolute Gasteiger partial charge is 0.467 e. The van der Waals surface area contributed by atoms with E-state index in [0.29, 0.717) is 12.8 Å². The van der Waals surface area contributed by atoms with Gasteiger partial charge in [0.25, 0.3) is 10.1 Å². The van der Waals surface area contributed by atoms with Gasteiger partial charge in [-0.2, -0.15) is 8.42 Å². The Hall–Kier alpha value is -2.24. The van der Waals surface area contributed by atoms with Gasteiger partial charge >= 0.3 is 5.97 Å². The van der Waals surface area contributed by atoms with Gasteiger partial charge in [-0.05, 0) is 49.9 Å². The van der Waals surface area contributed by atoms with Crippen molar-refractivity contribution in [1.29, 1.82) is 0 Å². The minimum atomic E-state index is -4.12. The number of hydrogen-bond donors (Lipinski definition) is 1. The van der Waals surface area contributed by atoms with Gasteiger partial charge in [-0.3, -0.25) is 13.8 Å². The molecular weight excluding hydrogens is 564 g/mol. The van der Waals surface area contributed by atoms with E-state index in [1.807, 2.05) is 19.1 Å². The predicted octanol–water partition coefficient (Wildman–Crippen LogP) is 3.33. The van der Waals surface area contributed by atoms with Gasteiger partial charge < -0.3 is 15.0 Å². The maximum Gasteiger partial charge on any atom is 0.332 e. The smallest absolute Gasteiger partial charge is 0.332 e. The van der Waals surface area contributed by atoms with Gasteiger partial charge in [-0.15, -0.1) is 0 Å². The maximum atomic E-state index is 13.5. The van der Waals surface area contributed by atoms with E-state index in [4.69, 9.17) is 8.92 Å². The van der Waals surface area contributed by atoms with E-state index in [-0.39, 0.29) is 35.6 Å². The molecule has 9 nitrogen and oxygen atoms in total. The lowest BCUT2D eigenvalue weighted by Gasteiger charge is -2.28. The summed E-state index contributed by atoms with van der Waals surface area (Å²) in [5.74, 6) is -1.79. The lowest BCUT2D eigenvalue weighted by molar-refractivity contribution is -0.148. The first-order valence-electron chi connectivity index (χ1n) is 12.6. The molecule has 1 saturated carbocycles. The summed E-state index contributed by atoms with van der Waals surface area (Å²) < 4.78 is 37.0. The fraction of sp³-hybridized carbons (Fsp3) is 0.577. The Morgan fingerprint density at radius 1 is 1.16 bits per heavy atom. The average molecular weight is 598 g/mol. The lowest BCUT2D eigenvalue weighted by Crippen LogP contribution is -2.53. The zero-order chi connectivity index (χ0) is 26.8. The number of esters is 1. The SMILES string of the molecule is COC(=O)[C@@]12C[C@H]1/C=C\CCCCC[C@H](C)C(=O)N1C[C@@H](OS(=O)(=O)c3ccc(Br)cc3)C[C@H]1C(=O)N2. The third-order valence-electron chi connectivity index (χ3n) is 7.42. The Kier molecular flexibility index (Phi) is 8.45. The van der Waals surface area contributed by atoms with Crippen LogP contribution >= 0.6 is 15.9 Å². The first kappa shape index (κ1) is 27.8. The van der Waals surface area contributed by atoms with Crippen molar-refractivity contribution in [3.05, 3.63) is 40.9 Å². The number of ether oxygens (including phenoxy) is 1.